The van der Waals surface area contributed by atoms with Crippen LogP contribution in [0.3, 0.4) is 0 Å². The second kappa shape index (κ2) is 5.04. The predicted molar refractivity (Wildman–Crippen MR) is 57.4 cm³/mol. The molecule has 0 spiro atoms. The van der Waals surface area contributed by atoms with E-state index in [0.717, 1.165) is 0 Å². The molecule has 100 valence electrons. The highest BCUT2D eigenvalue weighted by Gasteiger charge is 2.28. The van der Waals surface area contributed by atoms with Crippen molar-refractivity contribution in [2.75, 3.05) is 6.61 Å². The molecule has 9 heteroatoms. The Hall–Kier alpha value is -2.45. The SMILES string of the molecule is O=c1ccc(-c2cnc(OCC(F)(F)F)nc2)n[nH]1. The van der Waals surface area contributed by atoms with Crippen molar-refractivity contribution in [3.8, 4) is 17.3 Å². The van der Waals surface area contributed by atoms with Crippen LogP contribution in [0.2, 0.25) is 0 Å². The van der Waals surface area contributed by atoms with Gasteiger partial charge in [-0.15, -0.1) is 0 Å². The Kier molecular flexibility index (Phi) is 3.45. The van der Waals surface area contributed by atoms with Crippen molar-refractivity contribution in [3.05, 3.63) is 34.9 Å². The van der Waals surface area contributed by atoms with E-state index < -0.39 is 12.8 Å². The Labute approximate surface area is 104 Å². The van der Waals surface area contributed by atoms with Crippen LogP contribution in [0.25, 0.3) is 11.3 Å². The fourth-order valence-electron chi connectivity index (χ4n) is 1.17. The number of hydrogen-bond donors (Lipinski definition) is 1. The Balaban J connectivity index is 2.10. The van der Waals surface area contributed by atoms with Gasteiger partial charge in [0.2, 0.25) is 0 Å². The van der Waals surface area contributed by atoms with Gasteiger partial charge >= 0.3 is 12.2 Å². The van der Waals surface area contributed by atoms with Crippen LogP contribution in [0.4, 0.5) is 13.2 Å². The average Bonchev–Trinajstić information content (AvgIpc) is 2.37. The lowest BCUT2D eigenvalue weighted by molar-refractivity contribution is -0.154. The van der Waals surface area contributed by atoms with E-state index in [0.29, 0.717) is 11.3 Å². The van der Waals surface area contributed by atoms with Crippen LogP contribution in [-0.4, -0.2) is 32.9 Å². The first-order valence-electron chi connectivity index (χ1n) is 5.02. The first kappa shape index (κ1) is 13.0. The molecule has 2 rings (SSSR count). The molecule has 6 nitrogen and oxygen atoms in total. The molecule has 0 amide bonds. The molecule has 19 heavy (non-hydrogen) atoms. The van der Waals surface area contributed by atoms with E-state index in [2.05, 4.69) is 24.9 Å². The number of hydrogen-bond acceptors (Lipinski definition) is 5. The number of aromatic nitrogens is 4. The number of halogens is 3. The zero-order valence-corrected chi connectivity index (χ0v) is 9.31. The number of nitrogens with one attached hydrogen (secondary N) is 1. The minimum absolute atomic E-state index is 0.366. The van der Waals surface area contributed by atoms with Crippen molar-refractivity contribution in [1.82, 2.24) is 20.2 Å². The molecule has 0 unspecified atom stereocenters. The van der Waals surface area contributed by atoms with Gasteiger partial charge in [0.05, 0.1) is 5.69 Å². The van der Waals surface area contributed by atoms with Gasteiger partial charge in [0, 0.05) is 24.0 Å². The zero-order chi connectivity index (χ0) is 13.9. The van der Waals surface area contributed by atoms with Crippen molar-refractivity contribution in [1.29, 1.82) is 0 Å². The molecule has 2 aromatic heterocycles. The summed E-state index contributed by atoms with van der Waals surface area (Å²) in [5.41, 5.74) is 0.465. The van der Waals surface area contributed by atoms with Gasteiger partial charge in [-0.1, -0.05) is 0 Å². The summed E-state index contributed by atoms with van der Waals surface area (Å²) in [6, 6.07) is 2.31. The summed E-state index contributed by atoms with van der Waals surface area (Å²) in [6.45, 7) is -1.46. The van der Waals surface area contributed by atoms with Crippen LogP contribution in [0.1, 0.15) is 0 Å². The van der Waals surface area contributed by atoms with Crippen molar-refractivity contribution in [2.45, 2.75) is 6.18 Å². The van der Waals surface area contributed by atoms with Crippen molar-refractivity contribution >= 4 is 0 Å². The van der Waals surface area contributed by atoms with E-state index in [9.17, 15) is 18.0 Å². The number of ether oxygens (including phenoxy) is 1. The Morgan fingerprint density at radius 1 is 1.21 bits per heavy atom. The van der Waals surface area contributed by atoms with Crippen LogP contribution in [0, 0.1) is 0 Å². The number of alkyl halides is 3. The van der Waals surface area contributed by atoms with E-state index in [1.165, 1.54) is 24.5 Å². The highest BCUT2D eigenvalue weighted by atomic mass is 19.4. The molecule has 0 fully saturated rings. The summed E-state index contributed by atoms with van der Waals surface area (Å²) in [7, 11) is 0. The van der Waals surface area contributed by atoms with Gasteiger partial charge in [-0.3, -0.25) is 4.79 Å². The predicted octanol–water partition coefficient (Wildman–Crippen LogP) is 1.17. The van der Waals surface area contributed by atoms with Gasteiger partial charge in [-0.2, -0.15) is 18.3 Å². The molecule has 0 aliphatic carbocycles. The average molecular weight is 272 g/mol. The van der Waals surface area contributed by atoms with Gasteiger partial charge < -0.3 is 4.74 Å². The fraction of sp³-hybridized carbons (Fsp3) is 0.200. The standard InChI is InChI=1S/C10H7F3N4O2/c11-10(12,13)5-19-9-14-3-6(4-15-9)7-1-2-8(18)17-16-7/h1-4H,5H2,(H,17,18). The number of rotatable bonds is 3. The first-order valence-corrected chi connectivity index (χ1v) is 5.02. The molecule has 2 aromatic rings. The molecule has 0 aliphatic heterocycles. The largest absolute Gasteiger partial charge is 0.454 e. The highest BCUT2D eigenvalue weighted by molar-refractivity contribution is 5.55. The molecular formula is C10H7F3N4O2. The lowest BCUT2D eigenvalue weighted by atomic mass is 10.2. The van der Waals surface area contributed by atoms with Crippen LogP contribution in [0.15, 0.2) is 29.3 Å². The molecular weight excluding hydrogens is 265 g/mol. The van der Waals surface area contributed by atoms with E-state index in [1.54, 1.807) is 0 Å². The highest BCUT2D eigenvalue weighted by Crippen LogP contribution is 2.17. The molecule has 0 aliphatic rings. The molecule has 0 bridgehead atoms. The van der Waals surface area contributed by atoms with Gasteiger partial charge in [0.15, 0.2) is 6.61 Å². The van der Waals surface area contributed by atoms with Gasteiger partial charge in [-0.25, -0.2) is 15.1 Å². The molecule has 0 saturated carbocycles. The van der Waals surface area contributed by atoms with Gasteiger partial charge in [0.1, 0.15) is 0 Å². The second-order valence-corrected chi connectivity index (χ2v) is 3.46. The smallest absolute Gasteiger partial charge is 0.422 e. The summed E-state index contributed by atoms with van der Waals surface area (Å²) >= 11 is 0. The van der Waals surface area contributed by atoms with Crippen LogP contribution in [0.5, 0.6) is 6.01 Å². The maximum absolute atomic E-state index is 11.9. The van der Waals surface area contributed by atoms with Crippen LogP contribution >= 0.6 is 0 Å². The molecule has 2 heterocycles. The minimum atomic E-state index is -4.44. The Bertz CT molecular complexity index is 589. The summed E-state index contributed by atoms with van der Waals surface area (Å²) < 4.78 is 40.1. The van der Waals surface area contributed by atoms with Crippen molar-refractivity contribution in [2.24, 2.45) is 0 Å². The van der Waals surface area contributed by atoms with E-state index in [4.69, 9.17) is 0 Å². The molecule has 0 atom stereocenters. The quantitative estimate of drug-likeness (QED) is 0.907. The third-order valence-corrected chi connectivity index (χ3v) is 1.97. The summed E-state index contributed by atoms with van der Waals surface area (Å²) in [6.07, 6.45) is -1.94. The summed E-state index contributed by atoms with van der Waals surface area (Å²) in [4.78, 5) is 18.0. The third-order valence-electron chi connectivity index (χ3n) is 1.97. The fourth-order valence-corrected chi connectivity index (χ4v) is 1.17. The van der Waals surface area contributed by atoms with Gasteiger partial charge in [-0.05, 0) is 6.07 Å². The molecule has 0 saturated heterocycles. The zero-order valence-electron chi connectivity index (χ0n) is 9.31. The summed E-state index contributed by atoms with van der Waals surface area (Å²) in [5, 5.41) is 5.94. The second-order valence-electron chi connectivity index (χ2n) is 3.46. The monoisotopic (exact) mass is 272 g/mol. The van der Waals surface area contributed by atoms with Crippen molar-refractivity contribution in [3.63, 3.8) is 0 Å². The van der Waals surface area contributed by atoms with Crippen molar-refractivity contribution < 1.29 is 17.9 Å². The van der Waals surface area contributed by atoms with E-state index in [1.807, 2.05) is 0 Å². The lowest BCUT2D eigenvalue weighted by Gasteiger charge is -2.07. The van der Waals surface area contributed by atoms with E-state index >= 15 is 0 Å². The normalized spacial score (nSPS) is 11.3. The maximum Gasteiger partial charge on any atom is 0.422 e. The summed E-state index contributed by atoms with van der Waals surface area (Å²) in [5.74, 6) is 0. The number of H-pyrrole nitrogens is 1. The topological polar surface area (TPSA) is 80.8 Å². The number of aromatic amines is 1. The third kappa shape index (κ3) is 3.76. The first-order chi connectivity index (χ1) is 8.94. The Morgan fingerprint density at radius 2 is 1.89 bits per heavy atom. The molecule has 0 aromatic carbocycles. The molecule has 1 N–H and O–H groups in total. The lowest BCUT2D eigenvalue weighted by Crippen LogP contribution is -2.20. The minimum Gasteiger partial charge on any atom is -0.454 e. The Morgan fingerprint density at radius 3 is 2.42 bits per heavy atom. The van der Waals surface area contributed by atoms with Crippen LogP contribution < -0.4 is 10.3 Å². The molecule has 0 radical (unpaired) electrons. The maximum atomic E-state index is 11.9. The van der Waals surface area contributed by atoms with E-state index in [-0.39, 0.29) is 11.6 Å². The van der Waals surface area contributed by atoms with Crippen LogP contribution in [-0.2, 0) is 0 Å². The van der Waals surface area contributed by atoms with Gasteiger partial charge in [0.25, 0.3) is 5.56 Å². The number of nitrogens with zero attached hydrogens (tertiary/aromatic N) is 3.